The highest BCUT2D eigenvalue weighted by Crippen LogP contribution is 2.36. The van der Waals surface area contributed by atoms with Crippen LogP contribution in [0.3, 0.4) is 0 Å². The average molecular weight is 773 g/mol. The van der Waals surface area contributed by atoms with Gasteiger partial charge in [-0.05, 0) is 38.5 Å². The summed E-state index contributed by atoms with van der Waals surface area (Å²) in [7, 11) is -4.75. The van der Waals surface area contributed by atoms with Gasteiger partial charge in [0.1, 0.15) is 6.61 Å². The van der Waals surface area contributed by atoms with Crippen LogP contribution in [0, 0.1) is 0 Å². The molecular formula is C44H85O8P. The summed E-state index contributed by atoms with van der Waals surface area (Å²) in [5.74, 6) is -0.889. The standard InChI is InChI=1S/C44H85O8P/c1-3-5-7-9-11-13-15-17-19-20-21-22-23-25-26-28-30-32-34-36-38-43(45)50-40-42(41-51-53(47,48)49)52-44(46)39-37-35-33-31-29-27-24-18-16-14-12-10-8-6-4-2/h27,29,42H,3-26,28,30-41H2,1-2H3,(H2,47,48,49)/b29-27+/t42-/m1/s1. The molecule has 8 nitrogen and oxygen atoms in total. The summed E-state index contributed by atoms with van der Waals surface area (Å²) in [5.41, 5.74) is 0. The molecule has 2 N–H and O–H groups in total. The van der Waals surface area contributed by atoms with E-state index < -0.39 is 32.5 Å². The SMILES string of the molecule is CCCCCCCCCC/C=C/CCCCCC(=O)O[C@H](COC(=O)CCCCCCCCCCCCCCCCCCCCCC)COP(=O)(O)O. The Morgan fingerprint density at radius 3 is 1.17 bits per heavy atom. The molecule has 0 aromatic heterocycles. The molecule has 0 aliphatic carbocycles. The Morgan fingerprint density at radius 2 is 0.792 bits per heavy atom. The van der Waals surface area contributed by atoms with E-state index in [1.54, 1.807) is 0 Å². The van der Waals surface area contributed by atoms with Crippen molar-refractivity contribution in [3.63, 3.8) is 0 Å². The summed E-state index contributed by atoms with van der Waals surface area (Å²) in [5, 5.41) is 0. The molecule has 0 radical (unpaired) electrons. The van der Waals surface area contributed by atoms with Gasteiger partial charge in [-0.3, -0.25) is 14.1 Å². The molecule has 0 saturated carbocycles. The maximum absolute atomic E-state index is 12.4. The molecule has 0 spiro atoms. The molecule has 314 valence electrons. The number of hydrogen-bond donors (Lipinski definition) is 2. The summed E-state index contributed by atoms with van der Waals surface area (Å²) < 4.78 is 26.4. The molecule has 0 heterocycles. The Morgan fingerprint density at radius 1 is 0.472 bits per heavy atom. The summed E-state index contributed by atoms with van der Waals surface area (Å²) in [6.45, 7) is 3.70. The van der Waals surface area contributed by atoms with E-state index in [-0.39, 0.29) is 19.4 Å². The summed E-state index contributed by atoms with van der Waals surface area (Å²) in [4.78, 5) is 42.9. The van der Waals surface area contributed by atoms with Crippen molar-refractivity contribution in [2.45, 2.75) is 245 Å². The van der Waals surface area contributed by atoms with E-state index in [0.717, 1.165) is 44.9 Å². The molecule has 0 fully saturated rings. The Bertz CT molecular complexity index is 873. The molecule has 0 bridgehead atoms. The molecular weight excluding hydrogens is 687 g/mol. The van der Waals surface area contributed by atoms with E-state index in [2.05, 4.69) is 30.5 Å². The predicted octanol–water partition coefficient (Wildman–Crippen LogP) is 13.8. The second kappa shape index (κ2) is 40.5. The van der Waals surface area contributed by atoms with Crippen LogP contribution in [0.2, 0.25) is 0 Å². The van der Waals surface area contributed by atoms with Gasteiger partial charge < -0.3 is 19.3 Å². The lowest BCUT2D eigenvalue weighted by Crippen LogP contribution is -2.29. The lowest BCUT2D eigenvalue weighted by Gasteiger charge is -2.18. The quantitative estimate of drug-likeness (QED) is 0.0272. The smallest absolute Gasteiger partial charge is 0.462 e. The Balaban J connectivity index is 3.84. The van der Waals surface area contributed by atoms with Gasteiger partial charge in [-0.15, -0.1) is 0 Å². The van der Waals surface area contributed by atoms with Crippen LogP contribution in [0.1, 0.15) is 239 Å². The largest absolute Gasteiger partial charge is 0.469 e. The number of unbranched alkanes of at least 4 members (excludes halogenated alkanes) is 30. The van der Waals surface area contributed by atoms with E-state index >= 15 is 0 Å². The number of rotatable bonds is 42. The molecule has 0 unspecified atom stereocenters. The van der Waals surface area contributed by atoms with Crippen LogP contribution in [0.5, 0.6) is 0 Å². The van der Waals surface area contributed by atoms with Crippen molar-refractivity contribution >= 4 is 19.8 Å². The molecule has 0 aromatic carbocycles. The predicted molar refractivity (Wildman–Crippen MR) is 221 cm³/mol. The first-order valence-corrected chi connectivity index (χ1v) is 24.0. The minimum Gasteiger partial charge on any atom is -0.462 e. The highest BCUT2D eigenvalue weighted by molar-refractivity contribution is 7.46. The molecule has 53 heavy (non-hydrogen) atoms. The van der Waals surface area contributed by atoms with Gasteiger partial charge in [0, 0.05) is 12.8 Å². The zero-order valence-corrected chi connectivity index (χ0v) is 35.6. The number of phosphoric ester groups is 1. The fourth-order valence-electron chi connectivity index (χ4n) is 6.66. The molecule has 0 saturated heterocycles. The van der Waals surface area contributed by atoms with Gasteiger partial charge in [-0.2, -0.15) is 0 Å². The third-order valence-corrected chi connectivity index (χ3v) is 10.5. The van der Waals surface area contributed by atoms with Crippen molar-refractivity contribution < 1.29 is 37.9 Å². The number of esters is 2. The van der Waals surface area contributed by atoms with E-state index in [9.17, 15) is 14.2 Å². The van der Waals surface area contributed by atoms with Crippen molar-refractivity contribution in [3.05, 3.63) is 12.2 Å². The number of phosphoric acid groups is 1. The van der Waals surface area contributed by atoms with Crippen LogP contribution < -0.4 is 0 Å². The highest BCUT2D eigenvalue weighted by Gasteiger charge is 2.22. The number of carbonyl (C=O) groups is 2. The molecule has 0 amide bonds. The monoisotopic (exact) mass is 773 g/mol. The number of carbonyl (C=O) groups excluding carboxylic acids is 2. The molecule has 0 aromatic rings. The van der Waals surface area contributed by atoms with Crippen LogP contribution in [-0.2, 0) is 28.2 Å². The van der Waals surface area contributed by atoms with Crippen LogP contribution in [-0.4, -0.2) is 41.0 Å². The Kier molecular flexibility index (Phi) is 39.5. The third-order valence-electron chi connectivity index (χ3n) is 10.0. The lowest BCUT2D eigenvalue weighted by molar-refractivity contribution is -0.161. The summed E-state index contributed by atoms with van der Waals surface area (Å²) in [6, 6.07) is 0. The van der Waals surface area contributed by atoms with Gasteiger partial charge in [0.25, 0.3) is 0 Å². The third kappa shape index (κ3) is 43.4. The maximum Gasteiger partial charge on any atom is 0.469 e. The van der Waals surface area contributed by atoms with Crippen LogP contribution in [0.15, 0.2) is 12.2 Å². The first-order chi connectivity index (χ1) is 25.8. The molecule has 9 heteroatoms. The zero-order chi connectivity index (χ0) is 38.9. The van der Waals surface area contributed by atoms with Crippen LogP contribution in [0.4, 0.5) is 0 Å². The van der Waals surface area contributed by atoms with Gasteiger partial charge in [-0.25, -0.2) is 4.57 Å². The topological polar surface area (TPSA) is 119 Å². The minimum atomic E-state index is -4.75. The normalized spacial score (nSPS) is 12.5. The molecule has 0 aliphatic rings. The average Bonchev–Trinajstić information content (AvgIpc) is 3.13. The highest BCUT2D eigenvalue weighted by atomic mass is 31.2. The number of allylic oxidation sites excluding steroid dienone is 2. The number of hydrogen-bond acceptors (Lipinski definition) is 6. The van der Waals surface area contributed by atoms with Gasteiger partial charge in [-0.1, -0.05) is 199 Å². The Labute approximate surface area is 327 Å². The number of ether oxygens (including phenoxy) is 2. The van der Waals surface area contributed by atoms with Gasteiger partial charge >= 0.3 is 19.8 Å². The van der Waals surface area contributed by atoms with Crippen molar-refractivity contribution in [3.8, 4) is 0 Å². The van der Waals surface area contributed by atoms with Crippen molar-refractivity contribution in [1.82, 2.24) is 0 Å². The second-order valence-electron chi connectivity index (χ2n) is 15.4. The first kappa shape index (κ1) is 51.8. The van der Waals surface area contributed by atoms with Crippen molar-refractivity contribution in [2.24, 2.45) is 0 Å². The van der Waals surface area contributed by atoms with E-state index in [1.807, 2.05) is 0 Å². The van der Waals surface area contributed by atoms with E-state index in [4.69, 9.17) is 19.3 Å². The minimum absolute atomic E-state index is 0.196. The van der Waals surface area contributed by atoms with Gasteiger partial charge in [0.2, 0.25) is 0 Å². The maximum atomic E-state index is 12.4. The molecule has 0 aliphatic heterocycles. The Hall–Kier alpha value is -1.21. The summed E-state index contributed by atoms with van der Waals surface area (Å²) in [6.07, 6.45) is 45.1. The summed E-state index contributed by atoms with van der Waals surface area (Å²) >= 11 is 0. The molecule has 1 atom stereocenters. The van der Waals surface area contributed by atoms with E-state index in [0.29, 0.717) is 6.42 Å². The van der Waals surface area contributed by atoms with Crippen molar-refractivity contribution in [1.29, 1.82) is 0 Å². The second-order valence-corrected chi connectivity index (χ2v) is 16.6. The first-order valence-electron chi connectivity index (χ1n) is 22.5. The van der Waals surface area contributed by atoms with E-state index in [1.165, 1.54) is 161 Å². The van der Waals surface area contributed by atoms with Crippen LogP contribution >= 0.6 is 7.82 Å². The van der Waals surface area contributed by atoms with Crippen LogP contribution in [0.25, 0.3) is 0 Å². The zero-order valence-electron chi connectivity index (χ0n) is 34.7. The van der Waals surface area contributed by atoms with Gasteiger partial charge in [0.05, 0.1) is 6.61 Å². The fraction of sp³-hybridized carbons (Fsp3) is 0.909. The fourth-order valence-corrected chi connectivity index (χ4v) is 7.02. The lowest BCUT2D eigenvalue weighted by atomic mass is 10.0. The van der Waals surface area contributed by atoms with Crippen molar-refractivity contribution in [2.75, 3.05) is 13.2 Å². The van der Waals surface area contributed by atoms with Gasteiger partial charge in [0.15, 0.2) is 6.10 Å². The molecule has 0 rings (SSSR count).